The first-order chi connectivity index (χ1) is 15.3. The lowest BCUT2D eigenvalue weighted by molar-refractivity contribution is -0.137. The summed E-state index contributed by atoms with van der Waals surface area (Å²) < 4.78 is 50.4. The molecule has 1 atom stereocenters. The molecule has 1 fully saturated rings. The fourth-order valence-corrected chi connectivity index (χ4v) is 3.73. The second-order valence-corrected chi connectivity index (χ2v) is 7.89. The first-order valence-electron chi connectivity index (χ1n) is 10.6. The van der Waals surface area contributed by atoms with Crippen LogP contribution in [0.25, 0.3) is 0 Å². The van der Waals surface area contributed by atoms with E-state index in [0.717, 1.165) is 23.1 Å². The van der Waals surface area contributed by atoms with Crippen molar-refractivity contribution in [3.05, 3.63) is 53.6 Å². The smallest absolute Gasteiger partial charge is 0.416 e. The van der Waals surface area contributed by atoms with Gasteiger partial charge in [-0.3, -0.25) is 5.32 Å². The SMILES string of the molecule is COc1ccc(C(CNCNc2cc(C(F)(F)F)ccc2N2CCOCC2)N(C)C)cc1. The van der Waals surface area contributed by atoms with Gasteiger partial charge < -0.3 is 24.6 Å². The lowest BCUT2D eigenvalue weighted by atomic mass is 10.1. The summed E-state index contributed by atoms with van der Waals surface area (Å²) >= 11 is 0. The van der Waals surface area contributed by atoms with Crippen LogP contribution in [0.5, 0.6) is 5.75 Å². The molecule has 0 bridgehead atoms. The van der Waals surface area contributed by atoms with Gasteiger partial charge in [0.25, 0.3) is 0 Å². The van der Waals surface area contributed by atoms with Crippen LogP contribution in [0.4, 0.5) is 24.5 Å². The minimum absolute atomic E-state index is 0.0999. The van der Waals surface area contributed by atoms with Crippen LogP contribution in [0.3, 0.4) is 0 Å². The molecule has 6 nitrogen and oxygen atoms in total. The highest BCUT2D eigenvalue weighted by molar-refractivity contribution is 5.71. The average molecular weight is 453 g/mol. The van der Waals surface area contributed by atoms with E-state index in [1.165, 1.54) is 12.1 Å². The number of nitrogens with zero attached hydrogens (tertiary/aromatic N) is 2. The molecular formula is C23H31F3N4O2. The lowest BCUT2D eigenvalue weighted by Crippen LogP contribution is -2.37. The molecular weight excluding hydrogens is 421 g/mol. The van der Waals surface area contributed by atoms with Crippen LogP contribution >= 0.6 is 0 Å². The maximum atomic E-state index is 13.3. The Kier molecular flexibility index (Phi) is 8.22. The molecule has 1 aliphatic rings. The van der Waals surface area contributed by atoms with Crippen LogP contribution in [-0.2, 0) is 10.9 Å². The number of hydrogen-bond acceptors (Lipinski definition) is 6. The molecule has 0 radical (unpaired) electrons. The Labute approximate surface area is 187 Å². The quantitative estimate of drug-likeness (QED) is 0.446. The van der Waals surface area contributed by atoms with E-state index in [1.807, 2.05) is 43.3 Å². The molecule has 0 aromatic heterocycles. The summed E-state index contributed by atoms with van der Waals surface area (Å²) in [6, 6.07) is 11.8. The Morgan fingerprint density at radius 2 is 1.78 bits per heavy atom. The van der Waals surface area contributed by atoms with Crippen molar-refractivity contribution in [1.29, 1.82) is 0 Å². The number of likely N-dealkylation sites (N-methyl/N-ethyl adjacent to an activating group) is 1. The highest BCUT2D eigenvalue weighted by Crippen LogP contribution is 2.35. The van der Waals surface area contributed by atoms with Gasteiger partial charge in [-0.2, -0.15) is 13.2 Å². The van der Waals surface area contributed by atoms with Gasteiger partial charge in [-0.15, -0.1) is 0 Å². The Bertz CT molecular complexity index is 853. The zero-order valence-electron chi connectivity index (χ0n) is 18.7. The van der Waals surface area contributed by atoms with Crippen molar-refractivity contribution in [2.75, 3.05) is 70.9 Å². The van der Waals surface area contributed by atoms with Crippen LogP contribution < -0.4 is 20.3 Å². The van der Waals surface area contributed by atoms with Crippen molar-refractivity contribution in [3.63, 3.8) is 0 Å². The number of rotatable bonds is 9. The van der Waals surface area contributed by atoms with Gasteiger partial charge in [-0.1, -0.05) is 12.1 Å². The maximum absolute atomic E-state index is 13.3. The molecule has 2 aromatic carbocycles. The van der Waals surface area contributed by atoms with Crippen molar-refractivity contribution in [2.45, 2.75) is 12.2 Å². The van der Waals surface area contributed by atoms with Crippen molar-refractivity contribution in [1.82, 2.24) is 10.2 Å². The van der Waals surface area contributed by atoms with Crippen LogP contribution in [0.15, 0.2) is 42.5 Å². The number of methoxy groups -OCH3 is 1. The normalized spacial score (nSPS) is 15.7. The first-order valence-corrected chi connectivity index (χ1v) is 10.6. The van der Waals surface area contributed by atoms with Crippen LogP contribution in [-0.4, -0.2) is 65.6 Å². The van der Waals surface area contributed by atoms with Gasteiger partial charge in [0.2, 0.25) is 0 Å². The molecule has 0 spiro atoms. The molecule has 9 heteroatoms. The zero-order chi connectivity index (χ0) is 23.1. The Morgan fingerprint density at radius 1 is 1.09 bits per heavy atom. The van der Waals surface area contributed by atoms with Crippen molar-refractivity contribution in [3.8, 4) is 5.75 Å². The van der Waals surface area contributed by atoms with Crippen LogP contribution in [0.1, 0.15) is 17.2 Å². The molecule has 2 aromatic rings. The Balaban J connectivity index is 1.67. The molecule has 176 valence electrons. The van der Waals surface area contributed by atoms with E-state index < -0.39 is 11.7 Å². The summed E-state index contributed by atoms with van der Waals surface area (Å²) in [6.07, 6.45) is -4.39. The number of nitrogens with one attached hydrogen (secondary N) is 2. The van der Waals surface area contributed by atoms with Crippen molar-refractivity contribution >= 4 is 11.4 Å². The van der Waals surface area contributed by atoms with E-state index in [4.69, 9.17) is 9.47 Å². The van der Waals surface area contributed by atoms with Gasteiger partial charge >= 0.3 is 6.18 Å². The number of halogens is 3. The second kappa shape index (κ2) is 10.9. The highest BCUT2D eigenvalue weighted by atomic mass is 19.4. The summed E-state index contributed by atoms with van der Waals surface area (Å²) in [5.41, 5.74) is 1.67. The van der Waals surface area contributed by atoms with E-state index in [1.54, 1.807) is 7.11 Å². The number of anilines is 2. The standard InChI is InChI=1S/C23H31F3N4O2/c1-29(2)22(17-4-7-19(31-3)8-5-17)15-27-16-28-20-14-18(23(24,25)26)6-9-21(20)30-10-12-32-13-11-30/h4-9,14,22,27-28H,10-13,15-16H2,1-3H3. The maximum Gasteiger partial charge on any atom is 0.416 e. The monoisotopic (exact) mass is 452 g/mol. The van der Waals surface area contributed by atoms with Crippen LogP contribution in [0.2, 0.25) is 0 Å². The number of benzene rings is 2. The predicted molar refractivity (Wildman–Crippen MR) is 120 cm³/mol. The molecule has 1 aliphatic heterocycles. The first kappa shape index (κ1) is 24.2. The number of alkyl halides is 3. The second-order valence-electron chi connectivity index (χ2n) is 7.89. The third-order valence-corrected chi connectivity index (χ3v) is 5.54. The van der Waals surface area contributed by atoms with E-state index in [9.17, 15) is 13.2 Å². The van der Waals surface area contributed by atoms with Crippen molar-refractivity contribution in [2.24, 2.45) is 0 Å². The van der Waals surface area contributed by atoms with E-state index in [2.05, 4.69) is 15.5 Å². The Morgan fingerprint density at radius 3 is 2.38 bits per heavy atom. The van der Waals surface area contributed by atoms with Gasteiger partial charge in [0.15, 0.2) is 0 Å². The van der Waals surface area contributed by atoms with E-state index in [0.29, 0.717) is 45.2 Å². The molecule has 1 heterocycles. The number of hydrogen-bond donors (Lipinski definition) is 2. The third-order valence-electron chi connectivity index (χ3n) is 5.54. The molecule has 2 N–H and O–H groups in total. The molecule has 0 saturated carbocycles. The van der Waals surface area contributed by atoms with Gasteiger partial charge in [0, 0.05) is 25.7 Å². The van der Waals surface area contributed by atoms with Gasteiger partial charge in [-0.25, -0.2) is 0 Å². The summed E-state index contributed by atoms with van der Waals surface area (Å²) in [5, 5.41) is 6.48. The number of morpholine rings is 1. The van der Waals surface area contributed by atoms with E-state index >= 15 is 0 Å². The minimum Gasteiger partial charge on any atom is -0.497 e. The largest absolute Gasteiger partial charge is 0.497 e. The molecule has 0 amide bonds. The van der Waals surface area contributed by atoms with Crippen molar-refractivity contribution < 1.29 is 22.6 Å². The Hall–Kier alpha value is -2.49. The molecule has 1 saturated heterocycles. The van der Waals surface area contributed by atoms with Gasteiger partial charge in [0.05, 0.1) is 43.9 Å². The fraction of sp³-hybridized carbons (Fsp3) is 0.478. The van der Waals surface area contributed by atoms with Crippen LogP contribution in [0, 0.1) is 0 Å². The summed E-state index contributed by atoms with van der Waals surface area (Å²) in [4.78, 5) is 4.14. The van der Waals surface area contributed by atoms with Gasteiger partial charge in [0.1, 0.15) is 5.75 Å². The average Bonchev–Trinajstić information content (AvgIpc) is 2.79. The summed E-state index contributed by atoms with van der Waals surface area (Å²) in [7, 11) is 5.62. The highest BCUT2D eigenvalue weighted by Gasteiger charge is 2.31. The molecule has 32 heavy (non-hydrogen) atoms. The molecule has 3 rings (SSSR count). The molecule has 0 aliphatic carbocycles. The van der Waals surface area contributed by atoms with Gasteiger partial charge in [-0.05, 0) is 50.0 Å². The zero-order valence-corrected chi connectivity index (χ0v) is 18.7. The third kappa shape index (κ3) is 6.27. The fourth-order valence-electron chi connectivity index (χ4n) is 3.73. The minimum atomic E-state index is -4.39. The topological polar surface area (TPSA) is 49.0 Å². The predicted octanol–water partition coefficient (Wildman–Crippen LogP) is 3.81. The summed E-state index contributed by atoms with van der Waals surface area (Å²) in [6.45, 7) is 3.37. The summed E-state index contributed by atoms with van der Waals surface area (Å²) in [5.74, 6) is 0.793. The van der Waals surface area contributed by atoms with E-state index in [-0.39, 0.29) is 6.04 Å². The lowest BCUT2D eigenvalue weighted by Gasteiger charge is -2.31. The molecule has 1 unspecified atom stereocenters. The number of ether oxygens (including phenoxy) is 2.